The standard InChI is InChI=1S/C29H32N4O4S.C24H24N4O2S.C20H29N3O3.C9H7NO3S/c1-28(2,3)36-27(34)33(22-16-20(22)18-9-6-5-7-10-18)17-29(13-8-14-29)26-31-24(37-32-26)25-30-21-12-11-19(35-4)15-23(21)38-25;1-29-16-8-9-18-20(12-16)31-22(26-18)21-27-23(28-30-21)24(10-5-11-24)14-25-19-13-17(19)15-6-3-2-4-7-15;1-19(2,3)26-18(24)23(13-20(10-7-11-20)17(21)22-25)16-12-15(16)14-8-5-4-6-9-14;1-13-5-2-3-6-7(4-5)14-8(10-6)9(11)12/h5-7,9-12,15,20,22H,8,13-14,16-17H2,1-4H3;2-4,6-9,12,17,19,25H,5,10-11,13-14H2,1H3;4-6,8-9,15-16,25H,7,10-13H2,1-3H3,(H2,21,22);2-4H,1H3,(H,11,12)/t20?,22-;17?,19-;15?,16-;/m000./s1. The molecule has 6 aromatic carbocycles. The predicted octanol–water partition coefficient (Wildman–Crippen LogP) is 17.2. The van der Waals surface area contributed by atoms with E-state index in [-0.39, 0.29) is 45.9 Å². The molecular formula is C82H92N12O12S3. The Bertz CT molecular complexity index is 5040. The van der Waals surface area contributed by atoms with Crippen molar-refractivity contribution in [1.82, 2.24) is 50.3 Å². The number of carboxylic acids is 1. The third kappa shape index (κ3) is 17.2. The zero-order valence-corrected chi connectivity index (χ0v) is 65.1. The highest BCUT2D eigenvalue weighted by atomic mass is 32.1. The van der Waals surface area contributed by atoms with Crippen molar-refractivity contribution in [2.75, 3.05) is 41.0 Å². The Hall–Kier alpha value is -10.1. The second-order valence-corrected chi connectivity index (χ2v) is 34.3. The van der Waals surface area contributed by atoms with E-state index in [1.54, 1.807) is 55.8 Å². The average Bonchev–Trinajstić information content (AvgIpc) is 1.65. The van der Waals surface area contributed by atoms with Gasteiger partial charge in [0.05, 0.1) is 57.4 Å². The number of nitrogens with one attached hydrogen (secondary N) is 1. The van der Waals surface area contributed by atoms with Crippen LogP contribution in [0.1, 0.15) is 174 Å². The Morgan fingerprint density at radius 2 is 0.954 bits per heavy atom. The molecule has 0 spiro atoms. The number of benzene rings is 6. The number of aromatic carboxylic acids is 1. The van der Waals surface area contributed by atoms with E-state index < -0.39 is 22.6 Å². The zero-order chi connectivity index (χ0) is 76.4. The Morgan fingerprint density at radius 3 is 1.35 bits per heavy atom. The molecule has 17 rings (SSSR count). The summed E-state index contributed by atoms with van der Waals surface area (Å²) in [7, 11) is 4.89. The number of nitrogens with zero attached hydrogens (tertiary/aromatic N) is 10. The van der Waals surface area contributed by atoms with Gasteiger partial charge in [0.2, 0.25) is 5.01 Å². The number of fused-ring (bicyclic) bond motifs is 3. The van der Waals surface area contributed by atoms with E-state index >= 15 is 0 Å². The van der Waals surface area contributed by atoms with Crippen LogP contribution in [0, 0.1) is 5.41 Å². The number of carboxylic acid groups (broad SMARTS) is 1. The number of hydrogen-bond acceptors (Lipinski definition) is 23. The van der Waals surface area contributed by atoms with Crippen LogP contribution < -0.4 is 25.3 Å². The van der Waals surface area contributed by atoms with Gasteiger partial charge in [0.1, 0.15) is 34.3 Å². The summed E-state index contributed by atoms with van der Waals surface area (Å²) in [6.45, 7) is 13.2. The van der Waals surface area contributed by atoms with Gasteiger partial charge in [-0.2, -0.15) is 9.97 Å². The number of rotatable bonds is 21. The monoisotopic (exact) mass is 1530 g/mol. The summed E-state index contributed by atoms with van der Waals surface area (Å²) in [4.78, 5) is 63.7. The molecule has 6 aliphatic carbocycles. The van der Waals surface area contributed by atoms with E-state index in [9.17, 15) is 19.6 Å². The first-order valence-corrected chi connectivity index (χ1v) is 39.5. The summed E-state index contributed by atoms with van der Waals surface area (Å²) in [5, 5.41) is 35.3. The number of nitrogens with two attached hydrogens (primary N) is 1. The average molecular weight is 1530 g/mol. The molecule has 5 N–H and O–H groups in total. The molecule has 0 saturated heterocycles. The molecule has 0 bridgehead atoms. The minimum atomic E-state index is -0.995. The number of amides is 2. The van der Waals surface area contributed by atoms with Crippen LogP contribution in [0.15, 0.2) is 160 Å². The first kappa shape index (κ1) is 75.7. The van der Waals surface area contributed by atoms with Crippen molar-refractivity contribution in [3.63, 3.8) is 0 Å². The van der Waals surface area contributed by atoms with Crippen LogP contribution >= 0.6 is 34.0 Å². The summed E-state index contributed by atoms with van der Waals surface area (Å²) >= 11 is 4.19. The second kappa shape index (κ2) is 31.5. The van der Waals surface area contributed by atoms with E-state index in [0.29, 0.717) is 70.8 Å². The van der Waals surface area contributed by atoms with Crippen LogP contribution in [-0.2, 0) is 20.3 Å². The zero-order valence-electron chi connectivity index (χ0n) is 62.7. The molecule has 24 nitrogen and oxygen atoms in total. The van der Waals surface area contributed by atoms with Crippen LogP contribution in [0.4, 0.5) is 9.59 Å². The van der Waals surface area contributed by atoms with Crippen molar-refractivity contribution in [3.8, 4) is 39.0 Å². The van der Waals surface area contributed by atoms with Gasteiger partial charge in [-0.05, 0) is 171 Å². The molecule has 5 aromatic heterocycles. The number of oxime groups is 1. The maximum atomic E-state index is 13.5. The number of aromatic nitrogens is 7. The van der Waals surface area contributed by atoms with Crippen LogP contribution in [-0.4, -0.2) is 150 Å². The third-order valence-electron chi connectivity index (χ3n) is 21.4. The highest BCUT2D eigenvalue weighted by Crippen LogP contribution is 2.52. The van der Waals surface area contributed by atoms with Gasteiger partial charge in [0.25, 0.3) is 11.8 Å². The molecule has 6 aliphatic rings. The van der Waals surface area contributed by atoms with Gasteiger partial charge in [-0.1, -0.05) is 126 Å². The number of carbonyl (C=O) groups is 3. The molecular weight excluding hydrogens is 1440 g/mol. The van der Waals surface area contributed by atoms with E-state index in [1.807, 2.05) is 107 Å². The smallest absolute Gasteiger partial charge is 0.410 e. The second-order valence-electron chi connectivity index (χ2n) is 31.2. The minimum Gasteiger partial charge on any atom is -0.497 e. The van der Waals surface area contributed by atoms with Crippen molar-refractivity contribution in [3.05, 3.63) is 179 Å². The van der Waals surface area contributed by atoms with Gasteiger partial charge < -0.3 is 63.9 Å². The van der Waals surface area contributed by atoms with Crippen LogP contribution in [0.3, 0.4) is 0 Å². The molecule has 0 radical (unpaired) electrons. The lowest BCUT2D eigenvalue weighted by molar-refractivity contribution is 0.0110. The van der Waals surface area contributed by atoms with Gasteiger partial charge in [-0.3, -0.25) is 0 Å². The molecule has 109 heavy (non-hydrogen) atoms. The Labute approximate surface area is 644 Å². The number of hydrogen-bond donors (Lipinski definition) is 4. The summed E-state index contributed by atoms with van der Waals surface area (Å²) in [6, 6.07) is 49.1. The summed E-state index contributed by atoms with van der Waals surface area (Å²) < 4.78 is 41.5. The predicted molar refractivity (Wildman–Crippen MR) is 419 cm³/mol. The van der Waals surface area contributed by atoms with Gasteiger partial charge in [0, 0.05) is 66.3 Å². The number of carbonyl (C=O) groups excluding carboxylic acids is 2. The van der Waals surface area contributed by atoms with Crippen LogP contribution in [0.2, 0.25) is 0 Å². The third-order valence-corrected chi connectivity index (χ3v) is 24.4. The number of thiazole rings is 3. The molecule has 570 valence electrons. The lowest BCUT2D eigenvalue weighted by Gasteiger charge is -2.44. The van der Waals surface area contributed by atoms with Gasteiger partial charge in [-0.15, -0.1) is 34.0 Å². The highest BCUT2D eigenvalue weighted by molar-refractivity contribution is 7.22. The summed E-state index contributed by atoms with van der Waals surface area (Å²) in [5.41, 5.74) is 10.4. The van der Waals surface area contributed by atoms with E-state index in [2.05, 4.69) is 97.5 Å². The number of amidine groups is 1. The maximum Gasteiger partial charge on any atom is 0.410 e. The van der Waals surface area contributed by atoms with Crippen molar-refractivity contribution >= 4 is 88.7 Å². The first-order chi connectivity index (χ1) is 52.4. The largest absolute Gasteiger partial charge is 0.497 e. The number of methoxy groups -OCH3 is 3. The van der Waals surface area contributed by atoms with Crippen LogP contribution in [0.25, 0.3) is 52.4 Å². The molecule has 0 aliphatic heterocycles. The molecule has 2 amide bonds. The van der Waals surface area contributed by atoms with Crippen molar-refractivity contribution in [1.29, 1.82) is 0 Å². The molecule has 5 heterocycles. The lowest BCUT2D eigenvalue weighted by atomic mass is 9.67. The van der Waals surface area contributed by atoms with Gasteiger partial charge >= 0.3 is 18.2 Å². The van der Waals surface area contributed by atoms with E-state index in [0.717, 1.165) is 130 Å². The minimum absolute atomic E-state index is 0.0223. The maximum absolute atomic E-state index is 13.5. The number of ether oxygens (including phenoxy) is 5. The van der Waals surface area contributed by atoms with Gasteiger partial charge in [-0.25, -0.2) is 29.3 Å². The Morgan fingerprint density at radius 1 is 0.541 bits per heavy atom. The molecule has 6 atom stereocenters. The van der Waals surface area contributed by atoms with E-state index in [1.165, 1.54) is 40.9 Å². The topological polar surface area (TPSA) is 311 Å². The lowest BCUT2D eigenvalue weighted by Crippen LogP contribution is -2.53. The Kier molecular flexibility index (Phi) is 21.9. The highest BCUT2D eigenvalue weighted by Gasteiger charge is 2.54. The fraction of sp³-hybridized carbons (Fsp3) is 0.427. The van der Waals surface area contributed by atoms with Crippen molar-refractivity contribution < 1.29 is 57.4 Å². The SMILES string of the molecule is CC(C)(C)OC(=O)N(CC1(C(N)=NO)CCC1)[C@H]1CC1c1ccccc1.COc1ccc2nc(-c3nc(C4(CN(C(=O)OC(C)(C)C)[C@H]5CC5c5ccccc5)CCC4)no3)sc2c1.COc1ccc2nc(-c3nc(C4(CN[C@H]5CC5c5ccccc5)CCC4)no3)sc2c1.COc1ccc2nc(C(=O)O)sc2c1. The van der Waals surface area contributed by atoms with Crippen molar-refractivity contribution in [2.45, 2.75) is 177 Å². The van der Waals surface area contributed by atoms with Crippen LogP contribution in [0.5, 0.6) is 17.2 Å². The molecule has 3 unspecified atom stereocenters. The van der Waals surface area contributed by atoms with Gasteiger partial charge in [0.15, 0.2) is 21.7 Å². The molecule has 6 fully saturated rings. The molecule has 11 aromatic rings. The molecule has 27 heteroatoms. The Balaban J connectivity index is 0.000000127. The summed E-state index contributed by atoms with van der Waals surface area (Å²) in [6.07, 6.45) is 11.3. The normalized spacial score (nSPS) is 20.4. The quantitative estimate of drug-likeness (QED) is 0.0225. The summed E-state index contributed by atoms with van der Waals surface area (Å²) in [5.74, 6) is 5.14. The fourth-order valence-electron chi connectivity index (χ4n) is 14.7. The van der Waals surface area contributed by atoms with E-state index in [4.69, 9.17) is 58.5 Å². The fourth-order valence-corrected chi connectivity index (χ4v) is 17.3. The van der Waals surface area contributed by atoms with Crippen molar-refractivity contribution in [2.24, 2.45) is 16.3 Å². The molecule has 6 saturated carbocycles. The first-order valence-electron chi connectivity index (χ1n) is 37.1.